The van der Waals surface area contributed by atoms with Crippen LogP contribution in [0.25, 0.3) is 21.8 Å². The van der Waals surface area contributed by atoms with Gasteiger partial charge < -0.3 is 9.72 Å². The number of aromatic amines is 1. The monoisotopic (exact) mass is 356 g/mol. The Kier molecular flexibility index (Phi) is 3.63. The Labute approximate surface area is 147 Å². The Balaban J connectivity index is 1.71. The maximum absolute atomic E-state index is 12.3. The molecule has 118 valence electrons. The maximum Gasteiger partial charge on any atom is 0.362 e. The number of halogens is 2. The molecule has 0 radical (unpaired) electrons. The van der Waals surface area contributed by atoms with E-state index < -0.39 is 5.97 Å². The predicted octanol–water partition coefficient (Wildman–Crippen LogP) is 5.24. The summed E-state index contributed by atoms with van der Waals surface area (Å²) in [4.78, 5) is 19.8. The van der Waals surface area contributed by atoms with Crippen LogP contribution < -0.4 is 4.74 Å². The van der Waals surface area contributed by atoms with E-state index in [1.807, 2.05) is 24.3 Å². The summed E-state index contributed by atoms with van der Waals surface area (Å²) in [6, 6.07) is 14.2. The molecule has 4 rings (SSSR count). The second-order valence-corrected chi connectivity index (χ2v) is 6.07. The molecule has 2 aromatic heterocycles. The molecule has 2 heterocycles. The number of nitrogens with zero attached hydrogens (tertiary/aromatic N) is 1. The van der Waals surface area contributed by atoms with Crippen molar-refractivity contribution in [2.75, 3.05) is 0 Å². The van der Waals surface area contributed by atoms with E-state index in [-0.39, 0.29) is 5.69 Å². The number of hydrogen-bond acceptors (Lipinski definition) is 3. The molecular formula is C18H10Cl2N2O2. The molecule has 6 heteroatoms. The molecule has 4 aromatic rings. The Morgan fingerprint density at radius 3 is 2.62 bits per heavy atom. The van der Waals surface area contributed by atoms with Crippen LogP contribution in [0, 0.1) is 0 Å². The highest BCUT2D eigenvalue weighted by atomic mass is 35.5. The van der Waals surface area contributed by atoms with Crippen LogP contribution in [-0.4, -0.2) is 15.9 Å². The minimum Gasteiger partial charge on any atom is -0.422 e. The number of esters is 1. The van der Waals surface area contributed by atoms with Crippen LogP contribution in [0.5, 0.6) is 5.75 Å². The lowest BCUT2D eigenvalue weighted by atomic mass is 10.1. The first-order chi connectivity index (χ1) is 11.6. The number of carbonyl (C=O) groups is 1. The smallest absolute Gasteiger partial charge is 0.362 e. The van der Waals surface area contributed by atoms with E-state index in [0.717, 1.165) is 21.8 Å². The van der Waals surface area contributed by atoms with E-state index >= 15 is 0 Å². The van der Waals surface area contributed by atoms with Crippen LogP contribution in [0.15, 0.2) is 54.7 Å². The van der Waals surface area contributed by atoms with Crippen molar-refractivity contribution in [1.29, 1.82) is 0 Å². The molecule has 0 saturated heterocycles. The van der Waals surface area contributed by atoms with Gasteiger partial charge in [-0.2, -0.15) is 0 Å². The first kappa shape index (κ1) is 15.0. The van der Waals surface area contributed by atoms with Crippen molar-refractivity contribution in [3.63, 3.8) is 0 Å². The summed E-state index contributed by atoms with van der Waals surface area (Å²) in [6.45, 7) is 0. The number of hydrogen-bond donors (Lipinski definition) is 1. The highest BCUT2D eigenvalue weighted by molar-refractivity contribution is 6.42. The van der Waals surface area contributed by atoms with Crippen molar-refractivity contribution in [2.24, 2.45) is 0 Å². The van der Waals surface area contributed by atoms with E-state index in [9.17, 15) is 4.79 Å². The third kappa shape index (κ3) is 2.60. The minimum atomic E-state index is -0.555. The first-order valence-corrected chi connectivity index (χ1v) is 7.91. The number of para-hydroxylation sites is 1. The van der Waals surface area contributed by atoms with E-state index in [2.05, 4.69) is 9.97 Å². The fourth-order valence-electron chi connectivity index (χ4n) is 2.56. The van der Waals surface area contributed by atoms with Crippen LogP contribution in [0.1, 0.15) is 10.5 Å². The fourth-order valence-corrected chi connectivity index (χ4v) is 2.85. The maximum atomic E-state index is 12.3. The Hall–Kier alpha value is -2.56. The van der Waals surface area contributed by atoms with E-state index in [0.29, 0.717) is 15.8 Å². The lowest BCUT2D eigenvalue weighted by Crippen LogP contribution is -2.10. The normalized spacial score (nSPS) is 11.1. The molecule has 0 aliphatic rings. The molecular weight excluding hydrogens is 347 g/mol. The number of pyridine rings is 1. The first-order valence-electron chi connectivity index (χ1n) is 7.15. The molecule has 0 aliphatic carbocycles. The molecule has 0 aliphatic heterocycles. The topological polar surface area (TPSA) is 55.0 Å². The zero-order valence-corrected chi connectivity index (χ0v) is 13.7. The summed E-state index contributed by atoms with van der Waals surface area (Å²) in [7, 11) is 0. The van der Waals surface area contributed by atoms with Crippen LogP contribution in [0.2, 0.25) is 10.0 Å². The van der Waals surface area contributed by atoms with E-state index in [1.165, 1.54) is 6.07 Å². The van der Waals surface area contributed by atoms with Crippen molar-refractivity contribution in [2.45, 2.75) is 0 Å². The van der Waals surface area contributed by atoms with Crippen molar-refractivity contribution in [1.82, 2.24) is 9.97 Å². The van der Waals surface area contributed by atoms with Crippen LogP contribution in [0.3, 0.4) is 0 Å². The third-order valence-corrected chi connectivity index (χ3v) is 4.44. The third-order valence-electron chi connectivity index (χ3n) is 3.70. The summed E-state index contributed by atoms with van der Waals surface area (Å²) < 4.78 is 5.32. The molecule has 0 saturated carbocycles. The molecule has 0 spiro atoms. The molecule has 1 N–H and O–H groups in total. The molecule has 0 fully saturated rings. The highest BCUT2D eigenvalue weighted by Gasteiger charge is 2.14. The summed E-state index contributed by atoms with van der Waals surface area (Å²) in [5.74, 6) is -0.240. The molecule has 0 bridgehead atoms. The number of rotatable bonds is 2. The van der Waals surface area contributed by atoms with Gasteiger partial charge in [0.25, 0.3) is 0 Å². The van der Waals surface area contributed by atoms with E-state index in [1.54, 1.807) is 24.4 Å². The van der Waals surface area contributed by atoms with Gasteiger partial charge in [-0.3, -0.25) is 0 Å². The number of carbonyl (C=O) groups excluding carboxylic acids is 1. The van der Waals surface area contributed by atoms with E-state index in [4.69, 9.17) is 27.9 Å². The van der Waals surface area contributed by atoms with Crippen LogP contribution >= 0.6 is 23.2 Å². The highest BCUT2D eigenvalue weighted by Crippen LogP contribution is 2.28. The second kappa shape index (κ2) is 5.82. The molecule has 4 nitrogen and oxygen atoms in total. The standard InChI is InChI=1S/C18H10Cl2N2O2/c19-13-6-5-10(7-14(13)20)24-18(23)16-8-12-11-3-1-2-4-15(11)22-17(12)9-21-16/h1-9,22H. The molecule has 0 atom stereocenters. The van der Waals surface area contributed by atoms with Gasteiger partial charge in [-0.25, -0.2) is 9.78 Å². The van der Waals surface area contributed by atoms with Crippen molar-refractivity contribution < 1.29 is 9.53 Å². The quantitative estimate of drug-likeness (QED) is 0.394. The SMILES string of the molecule is O=C(Oc1ccc(Cl)c(Cl)c1)c1cc2c(cn1)[nH]c1ccccc12. The van der Waals surface area contributed by atoms with Crippen LogP contribution in [0.4, 0.5) is 0 Å². The van der Waals surface area contributed by atoms with Crippen LogP contribution in [-0.2, 0) is 0 Å². The van der Waals surface area contributed by atoms with Gasteiger partial charge in [0.2, 0.25) is 0 Å². The average Bonchev–Trinajstić information content (AvgIpc) is 2.96. The zero-order valence-electron chi connectivity index (χ0n) is 12.2. The number of fused-ring (bicyclic) bond motifs is 3. The Morgan fingerprint density at radius 1 is 0.958 bits per heavy atom. The number of H-pyrrole nitrogens is 1. The molecule has 0 unspecified atom stereocenters. The summed E-state index contributed by atoms with van der Waals surface area (Å²) in [6.07, 6.45) is 1.63. The van der Waals surface area contributed by atoms with Gasteiger partial charge in [0.05, 0.1) is 21.8 Å². The number of benzene rings is 2. The average molecular weight is 357 g/mol. The predicted molar refractivity (Wildman–Crippen MR) is 95.0 cm³/mol. The van der Waals surface area contributed by atoms with Gasteiger partial charge >= 0.3 is 5.97 Å². The lowest BCUT2D eigenvalue weighted by Gasteiger charge is -2.05. The zero-order chi connectivity index (χ0) is 16.7. The molecule has 2 aromatic carbocycles. The molecule has 24 heavy (non-hydrogen) atoms. The number of nitrogens with one attached hydrogen (secondary N) is 1. The lowest BCUT2D eigenvalue weighted by molar-refractivity contribution is 0.0729. The van der Waals surface area contributed by atoms with Gasteiger partial charge in [-0.1, -0.05) is 41.4 Å². The molecule has 0 amide bonds. The van der Waals surface area contributed by atoms with Gasteiger partial charge in [-0.15, -0.1) is 0 Å². The summed E-state index contributed by atoms with van der Waals surface area (Å²) in [5.41, 5.74) is 2.07. The van der Waals surface area contributed by atoms with Gasteiger partial charge in [0.1, 0.15) is 11.4 Å². The van der Waals surface area contributed by atoms with Crippen molar-refractivity contribution in [3.8, 4) is 5.75 Å². The van der Waals surface area contributed by atoms with Gasteiger partial charge in [0.15, 0.2) is 0 Å². The minimum absolute atomic E-state index is 0.221. The van der Waals surface area contributed by atoms with Gasteiger partial charge in [0, 0.05) is 22.4 Å². The van der Waals surface area contributed by atoms with Crippen molar-refractivity contribution in [3.05, 3.63) is 70.5 Å². The summed E-state index contributed by atoms with van der Waals surface area (Å²) >= 11 is 11.8. The van der Waals surface area contributed by atoms with Crippen molar-refractivity contribution >= 4 is 51.0 Å². The van der Waals surface area contributed by atoms with Gasteiger partial charge in [-0.05, 0) is 24.3 Å². The second-order valence-electron chi connectivity index (χ2n) is 5.25. The Morgan fingerprint density at radius 2 is 1.79 bits per heavy atom. The number of aromatic nitrogens is 2. The largest absolute Gasteiger partial charge is 0.422 e. The number of ether oxygens (including phenoxy) is 1. The summed E-state index contributed by atoms with van der Waals surface area (Å²) in [5, 5.41) is 2.66. The fraction of sp³-hybridized carbons (Fsp3) is 0. The Bertz CT molecular complexity index is 1090.